The molecule has 1 unspecified atom stereocenters. The summed E-state index contributed by atoms with van der Waals surface area (Å²) in [6.07, 6.45) is 1.49. The van der Waals surface area contributed by atoms with E-state index in [0.29, 0.717) is 24.0 Å². The van der Waals surface area contributed by atoms with E-state index in [9.17, 15) is 13.6 Å². The molecule has 2 saturated heterocycles. The molecule has 146 valence electrons. The predicted octanol–water partition coefficient (Wildman–Crippen LogP) is 3.16. The monoisotopic (exact) mass is 390 g/mol. The van der Waals surface area contributed by atoms with Crippen LogP contribution >= 0.6 is 12.4 Å². The highest BCUT2D eigenvalue weighted by Crippen LogP contribution is 2.27. The Balaban J connectivity index is 0.00000243. The van der Waals surface area contributed by atoms with Gasteiger partial charge in [-0.05, 0) is 37.3 Å². The first-order valence-corrected chi connectivity index (χ1v) is 8.66. The maximum absolute atomic E-state index is 13.2. The van der Waals surface area contributed by atoms with E-state index in [2.05, 4.69) is 10.6 Å². The third kappa shape index (κ3) is 5.53. The van der Waals surface area contributed by atoms with Crippen LogP contribution in [0.25, 0.3) is 0 Å². The van der Waals surface area contributed by atoms with Gasteiger partial charge in [-0.1, -0.05) is 6.07 Å². The van der Waals surface area contributed by atoms with Crippen molar-refractivity contribution in [3.05, 3.63) is 23.8 Å². The second-order valence-electron chi connectivity index (χ2n) is 6.83. The Morgan fingerprint density at radius 2 is 2.12 bits per heavy atom. The van der Waals surface area contributed by atoms with Gasteiger partial charge in [-0.2, -0.15) is 0 Å². The van der Waals surface area contributed by atoms with Crippen molar-refractivity contribution >= 4 is 24.0 Å². The van der Waals surface area contributed by atoms with Gasteiger partial charge < -0.3 is 14.8 Å². The zero-order valence-corrected chi connectivity index (χ0v) is 15.5. The number of aryl methyl sites for hydroxylation is 1. The summed E-state index contributed by atoms with van der Waals surface area (Å²) < 4.78 is 37.7. The summed E-state index contributed by atoms with van der Waals surface area (Å²) in [6, 6.07) is 4.48. The molecule has 0 aromatic heterocycles. The molecule has 1 aromatic carbocycles. The quantitative estimate of drug-likeness (QED) is 0.810. The number of rotatable bonds is 5. The number of alkyl halides is 2. The third-order valence-electron chi connectivity index (χ3n) is 4.70. The van der Waals surface area contributed by atoms with Crippen molar-refractivity contribution in [1.82, 2.24) is 5.32 Å². The topological polar surface area (TPSA) is 59.6 Å². The molecule has 2 fully saturated rings. The zero-order valence-electron chi connectivity index (χ0n) is 14.7. The van der Waals surface area contributed by atoms with Crippen LogP contribution < -0.4 is 15.4 Å². The lowest BCUT2D eigenvalue weighted by molar-refractivity contribution is -0.118. The Morgan fingerprint density at radius 1 is 1.38 bits per heavy atom. The largest absolute Gasteiger partial charge is 0.493 e. The third-order valence-corrected chi connectivity index (χ3v) is 4.70. The molecule has 0 radical (unpaired) electrons. The molecule has 5 nitrogen and oxygen atoms in total. The highest BCUT2D eigenvalue weighted by molar-refractivity contribution is 5.95. The second-order valence-corrected chi connectivity index (χ2v) is 6.83. The standard InChI is InChI=1S/C18H24F2N2O3.ClH/c1-12-2-3-14(22-17(23)15-9-18(19,20)11-21-15)8-16(12)25-10-13-4-6-24-7-5-13;/h2-3,8,13,15,21H,4-7,9-11H2,1H3,(H,22,23);1H. The average molecular weight is 391 g/mol. The number of halogens is 3. The summed E-state index contributed by atoms with van der Waals surface area (Å²) in [5, 5.41) is 5.25. The van der Waals surface area contributed by atoms with E-state index in [1.54, 1.807) is 12.1 Å². The number of nitrogens with one attached hydrogen (secondary N) is 2. The van der Waals surface area contributed by atoms with Crippen molar-refractivity contribution in [3.63, 3.8) is 0 Å². The summed E-state index contributed by atoms with van der Waals surface area (Å²) in [6.45, 7) is 3.62. The highest BCUT2D eigenvalue weighted by Gasteiger charge is 2.42. The number of hydrogen-bond acceptors (Lipinski definition) is 4. The van der Waals surface area contributed by atoms with E-state index in [1.165, 1.54) is 0 Å². The van der Waals surface area contributed by atoms with E-state index in [-0.39, 0.29) is 12.4 Å². The average Bonchev–Trinajstić information content (AvgIpc) is 2.96. The lowest BCUT2D eigenvalue weighted by Gasteiger charge is -2.22. The summed E-state index contributed by atoms with van der Waals surface area (Å²) in [7, 11) is 0. The number of benzene rings is 1. The van der Waals surface area contributed by atoms with Crippen LogP contribution in [0.3, 0.4) is 0 Å². The van der Waals surface area contributed by atoms with Gasteiger partial charge in [0, 0.05) is 31.4 Å². The molecule has 2 aliphatic rings. The Labute approximate surface area is 158 Å². The van der Waals surface area contributed by atoms with Crippen molar-refractivity contribution in [1.29, 1.82) is 0 Å². The van der Waals surface area contributed by atoms with Crippen LogP contribution in [0.1, 0.15) is 24.8 Å². The Hall–Kier alpha value is -1.44. The van der Waals surface area contributed by atoms with Gasteiger partial charge in [0.05, 0.1) is 19.2 Å². The molecular weight excluding hydrogens is 366 g/mol. The summed E-state index contributed by atoms with van der Waals surface area (Å²) >= 11 is 0. The van der Waals surface area contributed by atoms with Crippen molar-refractivity contribution in [3.8, 4) is 5.75 Å². The number of amides is 1. The van der Waals surface area contributed by atoms with Crippen LogP contribution in [0.15, 0.2) is 18.2 Å². The fourth-order valence-corrected chi connectivity index (χ4v) is 3.08. The molecule has 0 spiro atoms. The smallest absolute Gasteiger partial charge is 0.262 e. The van der Waals surface area contributed by atoms with Crippen LogP contribution in [0.4, 0.5) is 14.5 Å². The van der Waals surface area contributed by atoms with E-state index >= 15 is 0 Å². The second kappa shape index (κ2) is 8.97. The Morgan fingerprint density at radius 3 is 2.77 bits per heavy atom. The van der Waals surface area contributed by atoms with Gasteiger partial charge in [-0.15, -0.1) is 12.4 Å². The van der Waals surface area contributed by atoms with Gasteiger partial charge in [0.1, 0.15) is 5.75 Å². The molecular formula is C18H25ClF2N2O3. The summed E-state index contributed by atoms with van der Waals surface area (Å²) in [5.74, 6) is -2.10. The molecule has 2 N–H and O–H groups in total. The molecule has 0 bridgehead atoms. The zero-order chi connectivity index (χ0) is 17.9. The minimum absolute atomic E-state index is 0. The molecule has 2 aliphatic heterocycles. The van der Waals surface area contributed by atoms with Crippen molar-refractivity contribution in [2.75, 3.05) is 31.7 Å². The van der Waals surface area contributed by atoms with Crippen molar-refractivity contribution < 1.29 is 23.0 Å². The number of ether oxygens (including phenoxy) is 2. The van der Waals surface area contributed by atoms with E-state index in [1.807, 2.05) is 13.0 Å². The first-order chi connectivity index (χ1) is 11.9. The fraction of sp³-hybridized carbons (Fsp3) is 0.611. The maximum atomic E-state index is 13.2. The molecule has 2 heterocycles. The maximum Gasteiger partial charge on any atom is 0.262 e. The predicted molar refractivity (Wildman–Crippen MR) is 97.4 cm³/mol. The van der Waals surface area contributed by atoms with Crippen molar-refractivity contribution in [2.24, 2.45) is 5.92 Å². The molecule has 3 rings (SSSR count). The summed E-state index contributed by atoms with van der Waals surface area (Å²) in [5.41, 5.74) is 1.52. The molecule has 1 atom stereocenters. The van der Waals surface area contributed by atoms with Gasteiger partial charge in [-0.3, -0.25) is 10.1 Å². The lowest BCUT2D eigenvalue weighted by atomic mass is 10.0. The molecule has 0 saturated carbocycles. The number of carbonyl (C=O) groups is 1. The molecule has 1 aromatic rings. The van der Waals surface area contributed by atoms with Crippen molar-refractivity contribution in [2.45, 2.75) is 38.2 Å². The van der Waals surface area contributed by atoms with Gasteiger partial charge in [0.25, 0.3) is 5.92 Å². The van der Waals surface area contributed by atoms with Crippen LogP contribution in [-0.2, 0) is 9.53 Å². The first kappa shape index (κ1) is 20.9. The molecule has 26 heavy (non-hydrogen) atoms. The Bertz CT molecular complexity index is 624. The van der Waals surface area contributed by atoms with E-state index in [4.69, 9.17) is 9.47 Å². The molecule has 8 heteroatoms. The van der Waals surface area contributed by atoms with Gasteiger partial charge in [0.2, 0.25) is 5.91 Å². The number of hydrogen-bond donors (Lipinski definition) is 2. The first-order valence-electron chi connectivity index (χ1n) is 8.66. The normalized spacial score (nSPS) is 22.5. The number of anilines is 1. The van der Waals surface area contributed by atoms with Gasteiger partial charge in [-0.25, -0.2) is 8.78 Å². The van der Waals surface area contributed by atoms with Gasteiger partial charge in [0.15, 0.2) is 0 Å². The SMILES string of the molecule is Cc1ccc(NC(=O)C2CC(F)(F)CN2)cc1OCC1CCOCC1.Cl. The van der Waals surface area contributed by atoms with E-state index < -0.39 is 30.8 Å². The fourth-order valence-electron chi connectivity index (χ4n) is 3.08. The van der Waals surface area contributed by atoms with Crippen LogP contribution in [0, 0.1) is 12.8 Å². The van der Waals surface area contributed by atoms with E-state index in [0.717, 1.165) is 31.6 Å². The minimum Gasteiger partial charge on any atom is -0.493 e. The molecule has 0 aliphatic carbocycles. The number of carbonyl (C=O) groups excluding carboxylic acids is 1. The van der Waals surface area contributed by atoms with Crippen LogP contribution in [-0.4, -0.2) is 44.2 Å². The van der Waals surface area contributed by atoms with Gasteiger partial charge >= 0.3 is 0 Å². The lowest BCUT2D eigenvalue weighted by Crippen LogP contribution is -2.35. The minimum atomic E-state index is -2.83. The highest BCUT2D eigenvalue weighted by atomic mass is 35.5. The Kier molecular flexibility index (Phi) is 7.20. The summed E-state index contributed by atoms with van der Waals surface area (Å²) in [4.78, 5) is 12.1. The van der Waals surface area contributed by atoms with Crippen LogP contribution in [0.2, 0.25) is 0 Å². The van der Waals surface area contributed by atoms with Crippen LogP contribution in [0.5, 0.6) is 5.75 Å². The molecule has 1 amide bonds.